The van der Waals surface area contributed by atoms with Gasteiger partial charge in [-0.3, -0.25) is 9.48 Å². The van der Waals surface area contributed by atoms with Crippen molar-refractivity contribution >= 4 is 34.5 Å². The predicted octanol–water partition coefficient (Wildman–Crippen LogP) is 3.23. The number of rotatable bonds is 3. The Morgan fingerprint density at radius 1 is 1.33 bits per heavy atom. The van der Waals surface area contributed by atoms with Crippen LogP contribution < -0.4 is 0 Å². The second kappa shape index (κ2) is 5.48. The zero-order valence-corrected chi connectivity index (χ0v) is 12.4. The molecule has 0 aliphatic rings. The molecule has 2 rings (SSSR count). The van der Waals surface area contributed by atoms with E-state index in [2.05, 4.69) is 27.7 Å². The lowest BCUT2D eigenvalue weighted by molar-refractivity contribution is 0.104. The molecule has 18 heavy (non-hydrogen) atoms. The molecule has 0 aliphatic carbocycles. The molecule has 0 radical (unpaired) electrons. The Labute approximate surface area is 120 Å². The summed E-state index contributed by atoms with van der Waals surface area (Å²) in [6.45, 7) is 1.97. The van der Waals surface area contributed by atoms with Gasteiger partial charge in [-0.25, -0.2) is 0 Å². The van der Waals surface area contributed by atoms with Gasteiger partial charge in [-0.2, -0.15) is 5.10 Å². The zero-order chi connectivity index (χ0) is 13.1. The number of carbonyl (C=O) groups is 1. The second-order valence-corrected chi connectivity index (χ2v) is 5.26. The van der Waals surface area contributed by atoms with Gasteiger partial charge in [-0.1, -0.05) is 12.1 Å². The Morgan fingerprint density at radius 2 is 2.00 bits per heavy atom. The highest BCUT2D eigenvalue weighted by Gasteiger charge is 2.03. The van der Waals surface area contributed by atoms with Crippen LogP contribution in [-0.4, -0.2) is 15.6 Å². The third-order valence-electron chi connectivity index (χ3n) is 2.82. The van der Waals surface area contributed by atoms with E-state index in [1.54, 1.807) is 17.0 Å². The lowest BCUT2D eigenvalue weighted by Crippen LogP contribution is -1.94. The summed E-state index contributed by atoms with van der Waals surface area (Å²) in [5, 5.41) is 4.13. The number of aryl methyl sites for hydroxylation is 1. The SMILES string of the molecule is Cc1c(C=CC(=O)c2ccc(I)cc2)cnn1C. The Balaban J connectivity index is 2.16. The van der Waals surface area contributed by atoms with Gasteiger partial charge >= 0.3 is 0 Å². The molecule has 0 saturated carbocycles. The minimum Gasteiger partial charge on any atom is -0.289 e. The smallest absolute Gasteiger partial charge is 0.185 e. The molecule has 1 aromatic heterocycles. The Bertz CT molecular complexity index is 597. The molecule has 0 aliphatic heterocycles. The minimum absolute atomic E-state index is 0.00894. The van der Waals surface area contributed by atoms with Crippen LogP contribution in [0.3, 0.4) is 0 Å². The average Bonchev–Trinajstić information content (AvgIpc) is 2.68. The fourth-order valence-corrected chi connectivity index (χ4v) is 1.91. The maximum absolute atomic E-state index is 11.9. The van der Waals surface area contributed by atoms with Gasteiger partial charge in [-0.15, -0.1) is 0 Å². The topological polar surface area (TPSA) is 34.9 Å². The van der Waals surface area contributed by atoms with Gasteiger partial charge in [0, 0.05) is 27.4 Å². The lowest BCUT2D eigenvalue weighted by atomic mass is 10.1. The molecule has 1 aromatic carbocycles. The van der Waals surface area contributed by atoms with Crippen LogP contribution >= 0.6 is 22.6 Å². The third-order valence-corrected chi connectivity index (χ3v) is 3.54. The maximum atomic E-state index is 11.9. The van der Waals surface area contributed by atoms with Gasteiger partial charge in [0.25, 0.3) is 0 Å². The summed E-state index contributed by atoms with van der Waals surface area (Å²) >= 11 is 2.22. The van der Waals surface area contributed by atoms with Gasteiger partial charge in [-0.05, 0) is 53.8 Å². The Morgan fingerprint density at radius 3 is 2.56 bits per heavy atom. The summed E-state index contributed by atoms with van der Waals surface area (Å²) in [5.74, 6) is 0.00894. The van der Waals surface area contributed by atoms with Crippen molar-refractivity contribution in [2.45, 2.75) is 6.92 Å². The number of allylic oxidation sites excluding steroid dienone is 1. The fourth-order valence-electron chi connectivity index (χ4n) is 1.56. The van der Waals surface area contributed by atoms with Gasteiger partial charge in [0.1, 0.15) is 0 Å². The average molecular weight is 352 g/mol. The molecular weight excluding hydrogens is 339 g/mol. The molecule has 2 aromatic rings. The van der Waals surface area contributed by atoms with E-state index in [0.29, 0.717) is 5.56 Å². The Hall–Kier alpha value is -1.43. The molecule has 0 amide bonds. The number of hydrogen-bond acceptors (Lipinski definition) is 2. The van der Waals surface area contributed by atoms with Gasteiger partial charge in [0.2, 0.25) is 0 Å². The normalized spacial score (nSPS) is 11.1. The predicted molar refractivity (Wildman–Crippen MR) is 80.5 cm³/mol. The van der Waals surface area contributed by atoms with Crippen LogP contribution in [0.25, 0.3) is 6.08 Å². The summed E-state index contributed by atoms with van der Waals surface area (Å²) in [5.41, 5.74) is 2.71. The molecule has 0 bridgehead atoms. The molecular formula is C14H13IN2O. The number of carbonyl (C=O) groups excluding carboxylic acids is 1. The van der Waals surface area contributed by atoms with Crippen LogP contribution in [0.15, 0.2) is 36.5 Å². The standard InChI is InChI=1S/C14H13IN2O/c1-10-12(9-16-17(10)2)5-8-14(18)11-3-6-13(15)7-4-11/h3-9H,1-2H3. The van der Waals surface area contributed by atoms with Crippen molar-refractivity contribution in [3.8, 4) is 0 Å². The number of halogens is 1. The van der Waals surface area contributed by atoms with Crippen molar-refractivity contribution < 1.29 is 4.79 Å². The van der Waals surface area contributed by atoms with E-state index in [4.69, 9.17) is 0 Å². The number of benzene rings is 1. The zero-order valence-electron chi connectivity index (χ0n) is 10.2. The first-order chi connectivity index (χ1) is 8.58. The highest BCUT2D eigenvalue weighted by atomic mass is 127. The molecule has 0 spiro atoms. The van der Waals surface area contributed by atoms with Crippen molar-refractivity contribution in [3.63, 3.8) is 0 Å². The van der Waals surface area contributed by atoms with Crippen molar-refractivity contribution in [1.82, 2.24) is 9.78 Å². The first-order valence-corrected chi connectivity index (χ1v) is 6.62. The summed E-state index contributed by atoms with van der Waals surface area (Å²) in [6.07, 6.45) is 5.15. The molecule has 92 valence electrons. The molecule has 0 N–H and O–H groups in total. The first kappa shape index (κ1) is 13.0. The quantitative estimate of drug-likeness (QED) is 0.483. The van der Waals surface area contributed by atoms with Crippen molar-refractivity contribution in [1.29, 1.82) is 0 Å². The fraction of sp³-hybridized carbons (Fsp3) is 0.143. The van der Waals surface area contributed by atoms with E-state index in [-0.39, 0.29) is 5.78 Å². The van der Waals surface area contributed by atoms with Crippen LogP contribution in [0.5, 0.6) is 0 Å². The third kappa shape index (κ3) is 2.87. The minimum atomic E-state index is 0.00894. The molecule has 0 atom stereocenters. The summed E-state index contributed by atoms with van der Waals surface area (Å²) < 4.78 is 2.91. The molecule has 0 saturated heterocycles. The summed E-state index contributed by atoms with van der Waals surface area (Å²) in [7, 11) is 1.88. The van der Waals surface area contributed by atoms with Crippen LogP contribution in [0.1, 0.15) is 21.6 Å². The van der Waals surface area contributed by atoms with E-state index >= 15 is 0 Å². The highest BCUT2D eigenvalue weighted by Crippen LogP contribution is 2.11. The van der Waals surface area contributed by atoms with Crippen molar-refractivity contribution in [2.75, 3.05) is 0 Å². The summed E-state index contributed by atoms with van der Waals surface area (Å²) in [6, 6.07) is 7.53. The first-order valence-electron chi connectivity index (χ1n) is 5.54. The largest absolute Gasteiger partial charge is 0.289 e. The molecule has 3 nitrogen and oxygen atoms in total. The molecule has 0 fully saturated rings. The van der Waals surface area contributed by atoms with Crippen LogP contribution in [0.4, 0.5) is 0 Å². The van der Waals surface area contributed by atoms with Crippen LogP contribution in [-0.2, 0) is 7.05 Å². The second-order valence-electron chi connectivity index (χ2n) is 4.01. The van der Waals surface area contributed by atoms with Gasteiger partial charge < -0.3 is 0 Å². The van der Waals surface area contributed by atoms with E-state index in [0.717, 1.165) is 14.8 Å². The monoisotopic (exact) mass is 352 g/mol. The molecule has 1 heterocycles. The van der Waals surface area contributed by atoms with Crippen LogP contribution in [0, 0.1) is 10.5 Å². The van der Waals surface area contributed by atoms with E-state index < -0.39 is 0 Å². The lowest BCUT2D eigenvalue weighted by Gasteiger charge is -1.96. The van der Waals surface area contributed by atoms with Gasteiger partial charge in [0.05, 0.1) is 6.20 Å². The highest BCUT2D eigenvalue weighted by molar-refractivity contribution is 14.1. The van der Waals surface area contributed by atoms with Crippen molar-refractivity contribution in [2.24, 2.45) is 7.05 Å². The maximum Gasteiger partial charge on any atom is 0.185 e. The molecule has 0 unspecified atom stereocenters. The molecule has 4 heteroatoms. The summed E-state index contributed by atoms with van der Waals surface area (Å²) in [4.78, 5) is 11.9. The number of hydrogen-bond donors (Lipinski definition) is 0. The Kier molecular flexibility index (Phi) is 3.96. The number of nitrogens with zero attached hydrogens (tertiary/aromatic N) is 2. The van der Waals surface area contributed by atoms with Crippen LogP contribution in [0.2, 0.25) is 0 Å². The van der Waals surface area contributed by atoms with E-state index in [1.807, 2.05) is 44.3 Å². The van der Waals surface area contributed by atoms with Crippen molar-refractivity contribution in [3.05, 3.63) is 56.9 Å². The van der Waals surface area contributed by atoms with E-state index in [9.17, 15) is 4.79 Å². The van der Waals surface area contributed by atoms with E-state index in [1.165, 1.54) is 0 Å². The number of aromatic nitrogens is 2. The van der Waals surface area contributed by atoms with Gasteiger partial charge in [0.15, 0.2) is 5.78 Å². The number of ketones is 1.